The van der Waals surface area contributed by atoms with E-state index in [0.717, 1.165) is 5.75 Å². The Kier molecular flexibility index (Phi) is 5.23. The first kappa shape index (κ1) is 14.3. The number of nitrogens with zero attached hydrogens (tertiary/aromatic N) is 2. The van der Waals surface area contributed by atoms with E-state index in [-0.39, 0.29) is 4.90 Å². The third kappa shape index (κ3) is 3.34. The van der Waals surface area contributed by atoms with E-state index in [1.807, 2.05) is 6.26 Å². The number of anilines is 1. The van der Waals surface area contributed by atoms with Crippen LogP contribution in [-0.2, 0) is 10.0 Å². The maximum absolute atomic E-state index is 12.3. The van der Waals surface area contributed by atoms with Gasteiger partial charge in [-0.15, -0.1) is 0 Å². The average Bonchev–Trinajstić information content (AvgIpc) is 2.35. The number of nitrogens with one attached hydrogen (secondary N) is 1. The highest BCUT2D eigenvalue weighted by Gasteiger charge is 2.23. The van der Waals surface area contributed by atoms with Gasteiger partial charge in [0.05, 0.1) is 5.69 Å². The molecule has 1 aromatic heterocycles. The Hall–Kier alpha value is -0.790. The molecule has 0 unspecified atom stereocenters. The Balaban J connectivity index is 3.04. The van der Waals surface area contributed by atoms with Gasteiger partial charge in [0.1, 0.15) is 4.90 Å². The Labute approximate surface area is 107 Å². The molecular formula is C10H17N3O2S2. The summed E-state index contributed by atoms with van der Waals surface area (Å²) in [4.78, 5) is 4.09. The summed E-state index contributed by atoms with van der Waals surface area (Å²) in [6, 6.07) is 1.65. The largest absolute Gasteiger partial charge is 0.387 e. The molecule has 0 fully saturated rings. The summed E-state index contributed by atoms with van der Waals surface area (Å²) >= 11 is 1.61. The molecule has 0 aromatic carbocycles. The number of hydrogen-bond donors (Lipinski definition) is 1. The van der Waals surface area contributed by atoms with Gasteiger partial charge in [-0.25, -0.2) is 8.42 Å². The van der Waals surface area contributed by atoms with Crippen LogP contribution in [0.5, 0.6) is 0 Å². The lowest BCUT2D eigenvalue weighted by Gasteiger charge is -2.18. The Morgan fingerprint density at radius 1 is 1.53 bits per heavy atom. The van der Waals surface area contributed by atoms with Crippen LogP contribution in [0, 0.1) is 0 Å². The third-order valence-electron chi connectivity index (χ3n) is 2.35. The van der Waals surface area contributed by atoms with Crippen LogP contribution < -0.4 is 5.32 Å². The third-order valence-corrected chi connectivity index (χ3v) is 4.83. The van der Waals surface area contributed by atoms with Crippen molar-refractivity contribution in [2.24, 2.45) is 0 Å². The van der Waals surface area contributed by atoms with Crippen LogP contribution in [0.1, 0.15) is 0 Å². The highest BCUT2D eigenvalue weighted by molar-refractivity contribution is 7.98. The van der Waals surface area contributed by atoms with Crippen molar-refractivity contribution in [3.8, 4) is 0 Å². The molecule has 0 saturated carbocycles. The lowest BCUT2D eigenvalue weighted by atomic mass is 10.4. The van der Waals surface area contributed by atoms with Crippen molar-refractivity contribution in [2.75, 3.05) is 38.0 Å². The minimum atomic E-state index is -3.46. The summed E-state index contributed by atoms with van der Waals surface area (Å²) < 4.78 is 25.9. The molecule has 1 rings (SSSR count). The Morgan fingerprint density at radius 3 is 2.82 bits per heavy atom. The van der Waals surface area contributed by atoms with Crippen LogP contribution >= 0.6 is 11.8 Å². The number of rotatable bonds is 6. The molecule has 0 radical (unpaired) electrons. The molecule has 0 aliphatic rings. The number of aromatic nitrogens is 1. The molecule has 0 aliphatic carbocycles. The first-order valence-corrected chi connectivity index (χ1v) is 7.94. The van der Waals surface area contributed by atoms with Crippen LogP contribution in [0.15, 0.2) is 23.4 Å². The van der Waals surface area contributed by atoms with Crippen LogP contribution in [-0.4, -0.2) is 50.4 Å². The standard InChI is InChI=1S/C10H17N3O2S2/c1-11-9-4-5-12-8-10(9)17(14,15)13(2)6-7-16-3/h4-5,8H,6-7H2,1-3H3,(H,11,12). The number of thioether (sulfide) groups is 1. The molecule has 0 bridgehead atoms. The van der Waals surface area contributed by atoms with E-state index in [4.69, 9.17) is 0 Å². The van der Waals surface area contributed by atoms with Crippen molar-refractivity contribution in [1.29, 1.82) is 0 Å². The normalized spacial score (nSPS) is 11.8. The molecule has 1 heterocycles. The minimum Gasteiger partial charge on any atom is -0.387 e. The zero-order valence-electron chi connectivity index (χ0n) is 10.2. The van der Waals surface area contributed by atoms with Gasteiger partial charge >= 0.3 is 0 Å². The molecule has 0 aliphatic heterocycles. The fraction of sp³-hybridized carbons (Fsp3) is 0.500. The predicted octanol–water partition coefficient (Wildman–Crippen LogP) is 1.11. The van der Waals surface area contributed by atoms with Crippen LogP contribution in [0.3, 0.4) is 0 Å². The van der Waals surface area contributed by atoms with Gasteiger partial charge in [-0.05, 0) is 12.3 Å². The molecule has 1 aromatic rings. The van der Waals surface area contributed by atoms with Gasteiger partial charge in [-0.3, -0.25) is 4.98 Å². The Bertz CT molecular complexity index is 462. The maximum Gasteiger partial charge on any atom is 0.246 e. The summed E-state index contributed by atoms with van der Waals surface area (Å²) in [6.07, 6.45) is 4.88. The number of sulfonamides is 1. The van der Waals surface area contributed by atoms with E-state index < -0.39 is 10.0 Å². The van der Waals surface area contributed by atoms with Crippen molar-refractivity contribution in [3.63, 3.8) is 0 Å². The first-order chi connectivity index (χ1) is 8.04. The lowest BCUT2D eigenvalue weighted by Crippen LogP contribution is -2.29. The Morgan fingerprint density at radius 2 is 2.24 bits per heavy atom. The van der Waals surface area contributed by atoms with Crippen molar-refractivity contribution in [1.82, 2.24) is 9.29 Å². The molecule has 0 atom stereocenters. The SMILES string of the molecule is CNc1ccncc1S(=O)(=O)N(C)CCSC. The van der Waals surface area contributed by atoms with Crippen molar-refractivity contribution >= 4 is 27.5 Å². The van der Waals surface area contributed by atoms with Gasteiger partial charge in [0.25, 0.3) is 0 Å². The van der Waals surface area contributed by atoms with Crippen LogP contribution in [0.4, 0.5) is 5.69 Å². The first-order valence-electron chi connectivity index (χ1n) is 5.11. The topological polar surface area (TPSA) is 62.3 Å². The monoisotopic (exact) mass is 275 g/mol. The summed E-state index contributed by atoms with van der Waals surface area (Å²) in [5.41, 5.74) is 0.566. The van der Waals surface area contributed by atoms with Gasteiger partial charge < -0.3 is 5.32 Å². The molecule has 0 amide bonds. The van der Waals surface area contributed by atoms with Gasteiger partial charge in [-0.1, -0.05) is 0 Å². The zero-order valence-corrected chi connectivity index (χ0v) is 11.8. The number of hydrogen-bond acceptors (Lipinski definition) is 5. The van der Waals surface area contributed by atoms with E-state index in [2.05, 4.69) is 10.3 Å². The molecule has 0 spiro atoms. The second-order valence-corrected chi connectivity index (χ2v) is 6.44. The minimum absolute atomic E-state index is 0.214. The summed E-state index contributed by atoms with van der Waals surface area (Å²) in [5, 5.41) is 2.86. The second kappa shape index (κ2) is 6.23. The molecule has 17 heavy (non-hydrogen) atoms. The second-order valence-electron chi connectivity index (χ2n) is 3.44. The van der Waals surface area contributed by atoms with E-state index in [1.54, 1.807) is 38.1 Å². The molecule has 7 heteroatoms. The smallest absolute Gasteiger partial charge is 0.246 e. The molecule has 96 valence electrons. The predicted molar refractivity (Wildman–Crippen MR) is 72.0 cm³/mol. The summed E-state index contributed by atoms with van der Waals surface area (Å²) in [5.74, 6) is 0.769. The van der Waals surface area contributed by atoms with E-state index in [1.165, 1.54) is 10.5 Å². The molecule has 0 saturated heterocycles. The van der Waals surface area contributed by atoms with Crippen molar-refractivity contribution in [2.45, 2.75) is 4.90 Å². The molecular weight excluding hydrogens is 258 g/mol. The van der Waals surface area contributed by atoms with Gasteiger partial charge in [-0.2, -0.15) is 16.1 Å². The lowest BCUT2D eigenvalue weighted by molar-refractivity contribution is 0.488. The fourth-order valence-electron chi connectivity index (χ4n) is 1.30. The summed E-state index contributed by atoms with van der Waals surface area (Å²) in [6.45, 7) is 0.488. The van der Waals surface area contributed by atoms with E-state index >= 15 is 0 Å². The zero-order chi connectivity index (χ0) is 12.9. The van der Waals surface area contributed by atoms with Crippen LogP contribution in [0.2, 0.25) is 0 Å². The quantitative estimate of drug-likeness (QED) is 0.842. The fourth-order valence-corrected chi connectivity index (χ4v) is 3.18. The van der Waals surface area contributed by atoms with E-state index in [0.29, 0.717) is 12.2 Å². The highest BCUT2D eigenvalue weighted by atomic mass is 32.2. The van der Waals surface area contributed by atoms with Gasteiger partial charge in [0, 0.05) is 38.8 Å². The highest BCUT2D eigenvalue weighted by Crippen LogP contribution is 2.22. The summed E-state index contributed by atoms with van der Waals surface area (Å²) in [7, 11) is -0.187. The van der Waals surface area contributed by atoms with Crippen LogP contribution in [0.25, 0.3) is 0 Å². The molecule has 5 nitrogen and oxygen atoms in total. The average molecular weight is 275 g/mol. The van der Waals surface area contributed by atoms with Crippen molar-refractivity contribution < 1.29 is 8.42 Å². The van der Waals surface area contributed by atoms with Gasteiger partial charge in [0.15, 0.2) is 0 Å². The van der Waals surface area contributed by atoms with Crippen molar-refractivity contribution in [3.05, 3.63) is 18.5 Å². The maximum atomic E-state index is 12.3. The van der Waals surface area contributed by atoms with Gasteiger partial charge in [0.2, 0.25) is 10.0 Å². The number of pyridine rings is 1. The van der Waals surface area contributed by atoms with E-state index in [9.17, 15) is 8.42 Å². The molecule has 1 N–H and O–H groups in total.